The third kappa shape index (κ3) is 30.5. The molecule has 3 aromatic heterocycles. The summed E-state index contributed by atoms with van der Waals surface area (Å²) in [6.45, 7) is 29.2. The number of hydrazine groups is 1. The highest BCUT2D eigenvalue weighted by molar-refractivity contribution is 5.82. The molecular weight excluding hydrogens is 1650 g/mol. The van der Waals surface area contributed by atoms with Crippen molar-refractivity contribution in [2.45, 2.75) is 142 Å². The smallest absolute Gasteiger partial charge is 0.410 e. The maximum absolute atomic E-state index is 12.4. The van der Waals surface area contributed by atoms with Crippen LogP contribution >= 0.6 is 0 Å². The molecule has 0 aliphatic carbocycles. The molecule has 0 saturated carbocycles. The molecular formula is C91H116N18O19. The molecule has 6 aliphatic rings. The Morgan fingerprint density at radius 2 is 0.734 bits per heavy atom. The van der Waals surface area contributed by atoms with Crippen LogP contribution in [0.25, 0.3) is 67.5 Å². The lowest BCUT2D eigenvalue weighted by molar-refractivity contribution is -0.159. The van der Waals surface area contributed by atoms with E-state index >= 15 is 0 Å². The van der Waals surface area contributed by atoms with Gasteiger partial charge in [0.25, 0.3) is 5.91 Å². The number of amides is 5. The molecule has 684 valence electrons. The lowest BCUT2D eigenvalue weighted by Gasteiger charge is -2.33. The molecule has 0 spiro atoms. The van der Waals surface area contributed by atoms with E-state index in [0.29, 0.717) is 101 Å². The van der Waals surface area contributed by atoms with E-state index in [0.717, 1.165) is 63.4 Å². The van der Waals surface area contributed by atoms with Crippen LogP contribution in [0.3, 0.4) is 0 Å². The van der Waals surface area contributed by atoms with E-state index in [1.165, 1.54) is 27.4 Å². The molecule has 6 unspecified atom stereocenters. The first-order valence-electron chi connectivity index (χ1n) is 42.1. The van der Waals surface area contributed by atoms with E-state index < -0.39 is 76.8 Å². The Morgan fingerprint density at radius 1 is 0.414 bits per heavy atom. The molecule has 6 fully saturated rings. The van der Waals surface area contributed by atoms with Gasteiger partial charge in [0.2, 0.25) is 0 Å². The molecule has 0 bridgehead atoms. The van der Waals surface area contributed by atoms with Crippen molar-refractivity contribution < 1.29 is 90.8 Å². The van der Waals surface area contributed by atoms with Crippen LogP contribution in [0.2, 0.25) is 0 Å². The van der Waals surface area contributed by atoms with Gasteiger partial charge in [-0.1, -0.05) is 146 Å². The molecule has 6 saturated heterocycles. The molecule has 9 heterocycles. The number of aromatic amines is 3. The van der Waals surface area contributed by atoms with Gasteiger partial charge in [-0.15, -0.1) is 0 Å². The first-order valence-corrected chi connectivity index (χ1v) is 42.1. The lowest BCUT2D eigenvalue weighted by Crippen LogP contribution is -2.53. The topological polar surface area (TPSA) is 456 Å². The molecule has 9 aromatic rings. The minimum Gasteiger partial charge on any atom is -0.479 e. The van der Waals surface area contributed by atoms with Crippen LogP contribution in [0, 0.1) is 11.5 Å². The quantitative estimate of drug-likeness (QED) is 0.0149. The number of H-pyrrole nitrogens is 3. The second-order valence-electron chi connectivity index (χ2n) is 34.0. The van der Waals surface area contributed by atoms with Crippen LogP contribution in [0.1, 0.15) is 119 Å². The Hall–Kier alpha value is -12.8. The predicted octanol–water partition coefficient (Wildman–Crippen LogP) is 11.4. The summed E-state index contributed by atoms with van der Waals surface area (Å²) in [6, 6.07) is 55.2. The number of methoxy groups -OCH3 is 1. The largest absolute Gasteiger partial charge is 0.479 e. The van der Waals surface area contributed by atoms with Crippen LogP contribution < -0.4 is 16.6 Å². The van der Waals surface area contributed by atoms with E-state index in [4.69, 9.17) is 63.6 Å². The van der Waals surface area contributed by atoms with Crippen LogP contribution in [0.5, 0.6) is 0 Å². The van der Waals surface area contributed by atoms with Gasteiger partial charge in [0, 0.05) is 56.0 Å². The fourth-order valence-corrected chi connectivity index (χ4v) is 13.1. The van der Waals surface area contributed by atoms with Gasteiger partial charge in [0.15, 0.2) is 59.5 Å². The maximum atomic E-state index is 12.4. The zero-order valence-electron chi connectivity index (χ0n) is 74.5. The standard InChI is InChI=1S/C23H26N4O3.C19H17N5O.C18H18N4O.C11H19NO5.C10H19N3O4.C10H17NO5/c1-23(2,3)30-22(28)27-12-13-29-19(15-27)21-24-20(25-26-21)18-11-7-10-17(14-18)16-8-5-4-6-9-16;20-13-24-9-10-25-17(12-24)19-21-18(22-23-19)16-8-4-7-15(11-16)14-5-2-1-3-6-14;1-2-5-13(6-3-1)14-7-4-8-15(11-14)17-20-18(22-21-17)16-12-19-9-10-23-16;1-11(2,3)17-10(14)12-5-6-16-8(7-12)9(13)15-4;1-10(2,3)17-9(15)13-4-5-16-7(6-13)8(14)12-11;1-10(2,3)16-9(14)11-4-5-15-7(6-11)8(12)13/h4-11,14,19H,12-13,15H2,1-3H3,(H,24,25,26);1-8,11,17H,9-10,12H2,(H,21,22,23);1-8,11,16,19H,9-10,12H2,(H,20,21,22);8H,5-7H2,1-4H3;7H,4-6,11H2,1-3H3,(H,12,14);7H,4-6H2,1-3H3,(H,12,13). The van der Waals surface area contributed by atoms with Crippen molar-refractivity contribution >= 4 is 42.2 Å². The van der Waals surface area contributed by atoms with Gasteiger partial charge >= 0.3 is 36.3 Å². The second kappa shape index (κ2) is 46.1. The number of morpholine rings is 6. The Kier molecular flexibility index (Phi) is 35.1. The molecule has 6 atom stereocenters. The summed E-state index contributed by atoms with van der Waals surface area (Å²) in [5, 5.41) is 43.1. The first kappa shape index (κ1) is 97.4. The van der Waals surface area contributed by atoms with Crippen molar-refractivity contribution in [3.63, 3.8) is 0 Å². The van der Waals surface area contributed by atoms with Crippen LogP contribution in [-0.2, 0) is 66.5 Å². The highest BCUT2D eigenvalue weighted by atomic mass is 16.6. The van der Waals surface area contributed by atoms with Crippen molar-refractivity contribution in [3.05, 3.63) is 181 Å². The monoisotopic (exact) mass is 1760 g/mol. The first-order chi connectivity index (χ1) is 61.1. The fourth-order valence-electron chi connectivity index (χ4n) is 13.1. The summed E-state index contributed by atoms with van der Waals surface area (Å²) < 4.78 is 58.3. The number of aliphatic carboxylic acids is 1. The summed E-state index contributed by atoms with van der Waals surface area (Å²) >= 11 is 0. The average Bonchev–Trinajstić information content (AvgIpc) is 1.66. The van der Waals surface area contributed by atoms with E-state index in [9.17, 15) is 33.6 Å². The molecule has 15 rings (SSSR count). The highest BCUT2D eigenvalue weighted by Gasteiger charge is 2.37. The molecule has 0 radical (unpaired) electrons. The van der Waals surface area contributed by atoms with Gasteiger partial charge in [-0.3, -0.25) is 25.5 Å². The predicted molar refractivity (Wildman–Crippen MR) is 470 cm³/mol. The molecule has 5 amide bonds. The number of nitrogens with one attached hydrogen (secondary N) is 5. The van der Waals surface area contributed by atoms with Gasteiger partial charge in [0.1, 0.15) is 40.7 Å². The molecule has 6 aromatic carbocycles. The number of rotatable bonds is 12. The van der Waals surface area contributed by atoms with Gasteiger partial charge in [-0.05, 0) is 135 Å². The Balaban J connectivity index is 0.000000163. The van der Waals surface area contributed by atoms with E-state index in [1.807, 2.05) is 117 Å². The zero-order valence-corrected chi connectivity index (χ0v) is 74.5. The number of benzene rings is 6. The summed E-state index contributed by atoms with van der Waals surface area (Å²) in [4.78, 5) is 102. The number of carboxylic acid groups (broad SMARTS) is 1. The number of carboxylic acids is 1. The van der Waals surface area contributed by atoms with E-state index in [2.05, 4.69) is 135 Å². The van der Waals surface area contributed by atoms with E-state index in [1.54, 1.807) is 72.1 Å². The SMILES string of the molecule is CC(C)(C)OC(=O)N1CCOC(C(=O)NN)C1.CC(C)(C)OC(=O)N1CCOC(C(=O)O)C1.CC(C)(C)OC(=O)N1CCOC(c2nc(-c3cccc(-c4ccccc4)c3)n[nH]2)C1.COC(=O)C1CN(C(=O)OC(C)(C)C)CCO1.N#CN1CCOC(c2nc(-c3cccc(-c4ccccc4)c3)n[nH]2)C1.c1ccc(-c2cccc(-c3n[nH]c(C4CNCCO4)n3)c2)cc1. The fraction of sp³-hybridized carbons (Fsp3) is 0.451. The summed E-state index contributed by atoms with van der Waals surface area (Å²) in [6.07, 6.45) is -2.66. The van der Waals surface area contributed by atoms with E-state index in [-0.39, 0.29) is 57.3 Å². The number of nitrogens with zero attached hydrogens (tertiary/aromatic N) is 12. The van der Waals surface area contributed by atoms with Crippen molar-refractivity contribution in [1.82, 2.24) is 80.8 Å². The third-order valence-electron chi connectivity index (χ3n) is 19.3. The molecule has 37 nitrogen and oxygen atoms in total. The Morgan fingerprint density at radius 3 is 1.09 bits per heavy atom. The number of nitrogens with two attached hydrogens (primary N) is 1. The third-order valence-corrected chi connectivity index (χ3v) is 19.3. The highest BCUT2D eigenvalue weighted by Crippen LogP contribution is 2.32. The molecule has 8 N–H and O–H groups in total. The number of hydrogen-bond donors (Lipinski definition) is 7. The van der Waals surface area contributed by atoms with Gasteiger partial charge in [-0.25, -0.2) is 49.6 Å². The van der Waals surface area contributed by atoms with Crippen molar-refractivity contribution in [2.24, 2.45) is 5.84 Å². The summed E-state index contributed by atoms with van der Waals surface area (Å²) in [5.41, 5.74) is 9.50. The van der Waals surface area contributed by atoms with Gasteiger partial charge in [-0.2, -0.15) is 20.6 Å². The molecule has 37 heteroatoms. The van der Waals surface area contributed by atoms with Crippen LogP contribution in [0.15, 0.2) is 164 Å². The molecule has 128 heavy (non-hydrogen) atoms. The summed E-state index contributed by atoms with van der Waals surface area (Å²) in [5.74, 6) is 6.99. The second-order valence-corrected chi connectivity index (χ2v) is 34.0. The van der Waals surface area contributed by atoms with Gasteiger partial charge < -0.3 is 87.0 Å². The Bertz CT molecular complexity index is 5060. The minimum absolute atomic E-state index is 0.0320. The number of hydrogen-bond acceptors (Lipinski definition) is 28. The number of carbonyl (C=O) groups excluding carboxylic acids is 6. The number of carbonyl (C=O) groups is 7. The minimum atomic E-state index is -1.06. The van der Waals surface area contributed by atoms with Crippen LogP contribution in [-0.4, -0.2) is 283 Å². The molecule has 6 aliphatic heterocycles. The van der Waals surface area contributed by atoms with Crippen molar-refractivity contribution in [3.8, 4) is 73.7 Å². The average molecular weight is 1770 g/mol. The number of esters is 1. The van der Waals surface area contributed by atoms with Crippen LogP contribution in [0.4, 0.5) is 19.2 Å². The zero-order chi connectivity index (χ0) is 92.1. The normalized spacial score (nSPS) is 18.9. The summed E-state index contributed by atoms with van der Waals surface area (Å²) in [7, 11) is 1.29. The maximum Gasteiger partial charge on any atom is 0.410 e. The lowest BCUT2D eigenvalue weighted by atomic mass is 10.0. The van der Waals surface area contributed by atoms with Crippen molar-refractivity contribution in [2.75, 3.05) is 125 Å². The number of ether oxygens (including phenoxy) is 11. The number of aromatic nitrogens is 9. The van der Waals surface area contributed by atoms with Crippen molar-refractivity contribution in [1.29, 1.82) is 5.26 Å². The number of nitriles is 1. The Labute approximate surface area is 743 Å². The van der Waals surface area contributed by atoms with Gasteiger partial charge in [0.05, 0.1) is 86.0 Å².